The highest BCUT2D eigenvalue weighted by atomic mass is 79.9. The number of aliphatic hydroxyl groups excluding tert-OH is 1. The maximum Gasteiger partial charge on any atom is 0.323 e. The molecule has 90 valence electrons. The molecule has 2 aromatic rings. The number of aromatic nitrogens is 2. The fourth-order valence-corrected chi connectivity index (χ4v) is 2.89. The van der Waals surface area contributed by atoms with Crippen LogP contribution in [0, 0.1) is 5.92 Å². The van der Waals surface area contributed by atoms with Crippen LogP contribution in [-0.2, 0) is 0 Å². The fourth-order valence-electron chi connectivity index (χ4n) is 2.31. The van der Waals surface area contributed by atoms with E-state index in [9.17, 15) is 9.90 Å². The molecule has 1 saturated carbocycles. The number of benzene rings is 1. The van der Waals surface area contributed by atoms with Gasteiger partial charge in [0.25, 0.3) is 0 Å². The summed E-state index contributed by atoms with van der Waals surface area (Å²) in [6.45, 7) is 0. The highest BCUT2D eigenvalue weighted by molar-refractivity contribution is 9.10. The van der Waals surface area contributed by atoms with E-state index < -0.39 is 6.10 Å². The number of hydrogen-bond donors (Lipinski definition) is 3. The number of rotatable bonds is 2. The van der Waals surface area contributed by atoms with Crippen LogP contribution in [0.3, 0.4) is 0 Å². The van der Waals surface area contributed by atoms with Gasteiger partial charge in [-0.25, -0.2) is 4.79 Å². The van der Waals surface area contributed by atoms with E-state index in [0.717, 1.165) is 33.9 Å². The van der Waals surface area contributed by atoms with Gasteiger partial charge in [0.05, 0.1) is 17.1 Å². The Hall–Kier alpha value is -1.07. The van der Waals surface area contributed by atoms with Gasteiger partial charge in [0.2, 0.25) is 0 Å². The Kier molecular flexibility index (Phi) is 2.60. The quantitative estimate of drug-likeness (QED) is 0.797. The second-order valence-corrected chi connectivity index (χ2v) is 5.49. The van der Waals surface area contributed by atoms with Gasteiger partial charge in [-0.3, -0.25) is 0 Å². The predicted molar refractivity (Wildman–Crippen MR) is 68.9 cm³/mol. The molecule has 0 aliphatic heterocycles. The van der Waals surface area contributed by atoms with Gasteiger partial charge in [0, 0.05) is 4.47 Å². The van der Waals surface area contributed by atoms with Crippen molar-refractivity contribution in [1.29, 1.82) is 0 Å². The number of halogens is 1. The van der Waals surface area contributed by atoms with Gasteiger partial charge in [-0.05, 0) is 36.5 Å². The molecule has 0 bridgehead atoms. The zero-order valence-corrected chi connectivity index (χ0v) is 10.8. The lowest BCUT2D eigenvalue weighted by molar-refractivity contribution is 0.0616. The van der Waals surface area contributed by atoms with Crippen LogP contribution in [0.5, 0.6) is 0 Å². The highest BCUT2D eigenvalue weighted by Gasteiger charge is 2.28. The predicted octanol–water partition coefficient (Wildman–Crippen LogP) is 2.45. The minimum Gasteiger partial charge on any atom is -0.388 e. The molecule has 1 atom stereocenters. The first kappa shape index (κ1) is 11.0. The van der Waals surface area contributed by atoms with Crippen LogP contribution in [0.1, 0.15) is 30.9 Å². The van der Waals surface area contributed by atoms with Gasteiger partial charge in [0.1, 0.15) is 0 Å². The summed E-state index contributed by atoms with van der Waals surface area (Å²) in [6.07, 6.45) is 2.91. The standard InChI is InChI=1S/C12H13BrN2O2/c13-8-5-10-9(14-12(17)15-10)4-7(8)11(16)6-2-1-3-6/h4-6,11,16H,1-3H2,(H2,14,15,17). The van der Waals surface area contributed by atoms with Crippen LogP contribution in [-0.4, -0.2) is 15.1 Å². The molecule has 1 unspecified atom stereocenters. The van der Waals surface area contributed by atoms with Gasteiger partial charge < -0.3 is 15.1 Å². The number of aromatic amines is 2. The normalized spacial score (nSPS) is 18.2. The first-order chi connectivity index (χ1) is 8.15. The third-order valence-corrected chi connectivity index (χ3v) is 4.23. The second kappa shape index (κ2) is 3.99. The average Bonchev–Trinajstić information content (AvgIpc) is 2.53. The third-order valence-electron chi connectivity index (χ3n) is 3.55. The summed E-state index contributed by atoms with van der Waals surface area (Å²) in [5.74, 6) is 0.356. The lowest BCUT2D eigenvalue weighted by Gasteiger charge is -2.31. The molecule has 3 rings (SSSR count). The molecule has 1 aliphatic rings. The SMILES string of the molecule is O=c1[nH]c2cc(Br)c(C(O)C3CCC3)cc2[nH]1. The lowest BCUT2D eigenvalue weighted by atomic mass is 9.79. The summed E-state index contributed by atoms with van der Waals surface area (Å²) < 4.78 is 0.847. The number of H-pyrrole nitrogens is 2. The monoisotopic (exact) mass is 296 g/mol. The Morgan fingerprint density at radius 1 is 1.29 bits per heavy atom. The summed E-state index contributed by atoms with van der Waals surface area (Å²) in [5.41, 5.74) is 2.14. The Morgan fingerprint density at radius 2 is 1.94 bits per heavy atom. The van der Waals surface area contributed by atoms with E-state index in [-0.39, 0.29) is 5.69 Å². The van der Waals surface area contributed by atoms with Crippen LogP contribution in [0.15, 0.2) is 21.4 Å². The number of aliphatic hydroxyl groups is 1. The van der Waals surface area contributed by atoms with E-state index in [1.807, 2.05) is 12.1 Å². The van der Waals surface area contributed by atoms with E-state index in [4.69, 9.17) is 0 Å². The first-order valence-corrected chi connectivity index (χ1v) is 6.54. The van der Waals surface area contributed by atoms with E-state index in [0.29, 0.717) is 5.92 Å². The fraction of sp³-hybridized carbons (Fsp3) is 0.417. The van der Waals surface area contributed by atoms with Crippen molar-refractivity contribution in [1.82, 2.24) is 9.97 Å². The molecule has 17 heavy (non-hydrogen) atoms. The maximum absolute atomic E-state index is 11.2. The third kappa shape index (κ3) is 1.83. The zero-order valence-electron chi connectivity index (χ0n) is 9.16. The van der Waals surface area contributed by atoms with Crippen molar-refractivity contribution in [2.24, 2.45) is 5.92 Å². The van der Waals surface area contributed by atoms with Gasteiger partial charge in [-0.2, -0.15) is 0 Å². The number of nitrogens with one attached hydrogen (secondary N) is 2. The maximum atomic E-state index is 11.2. The van der Waals surface area contributed by atoms with E-state index in [1.54, 1.807) is 0 Å². The summed E-state index contributed by atoms with van der Waals surface area (Å²) in [7, 11) is 0. The Morgan fingerprint density at radius 3 is 2.53 bits per heavy atom. The summed E-state index contributed by atoms with van der Waals surface area (Å²) in [5, 5.41) is 10.3. The molecule has 1 aliphatic carbocycles. The largest absolute Gasteiger partial charge is 0.388 e. The average molecular weight is 297 g/mol. The molecule has 1 heterocycles. The van der Waals surface area contributed by atoms with Crippen LogP contribution in [0.4, 0.5) is 0 Å². The lowest BCUT2D eigenvalue weighted by Crippen LogP contribution is -2.20. The molecular weight excluding hydrogens is 284 g/mol. The highest BCUT2D eigenvalue weighted by Crippen LogP contribution is 2.40. The van der Waals surface area contributed by atoms with Crippen LogP contribution in [0.25, 0.3) is 11.0 Å². The van der Waals surface area contributed by atoms with Crippen molar-refractivity contribution in [3.05, 3.63) is 32.7 Å². The zero-order chi connectivity index (χ0) is 12.0. The smallest absolute Gasteiger partial charge is 0.323 e. The number of imidazole rings is 1. The number of hydrogen-bond acceptors (Lipinski definition) is 2. The van der Waals surface area contributed by atoms with Crippen LogP contribution < -0.4 is 5.69 Å². The van der Waals surface area contributed by atoms with Crippen LogP contribution >= 0.6 is 15.9 Å². The van der Waals surface area contributed by atoms with Crippen molar-refractivity contribution in [2.75, 3.05) is 0 Å². The summed E-state index contributed by atoms with van der Waals surface area (Å²) in [6, 6.07) is 3.69. The minimum atomic E-state index is -0.444. The van der Waals surface area contributed by atoms with Gasteiger partial charge >= 0.3 is 5.69 Å². The van der Waals surface area contributed by atoms with E-state index >= 15 is 0 Å². The van der Waals surface area contributed by atoms with Crippen molar-refractivity contribution in [2.45, 2.75) is 25.4 Å². The second-order valence-electron chi connectivity index (χ2n) is 4.63. The van der Waals surface area contributed by atoms with Crippen molar-refractivity contribution in [3.8, 4) is 0 Å². The molecule has 0 spiro atoms. The van der Waals surface area contributed by atoms with E-state index in [2.05, 4.69) is 25.9 Å². The van der Waals surface area contributed by atoms with Crippen molar-refractivity contribution in [3.63, 3.8) is 0 Å². The molecule has 0 radical (unpaired) electrons. The molecule has 5 heteroatoms. The Labute approximate surface area is 106 Å². The van der Waals surface area contributed by atoms with E-state index in [1.165, 1.54) is 6.42 Å². The Balaban J connectivity index is 2.08. The molecule has 0 amide bonds. The van der Waals surface area contributed by atoms with Gasteiger partial charge in [-0.1, -0.05) is 22.4 Å². The molecule has 1 aromatic heterocycles. The molecule has 1 fully saturated rings. The summed E-state index contributed by atoms with van der Waals surface area (Å²) >= 11 is 3.45. The molecule has 4 nitrogen and oxygen atoms in total. The number of fused-ring (bicyclic) bond motifs is 1. The van der Waals surface area contributed by atoms with Gasteiger partial charge in [-0.15, -0.1) is 0 Å². The summed E-state index contributed by atoms with van der Waals surface area (Å²) in [4.78, 5) is 16.6. The van der Waals surface area contributed by atoms with Crippen molar-refractivity contribution < 1.29 is 5.11 Å². The molecule has 3 N–H and O–H groups in total. The van der Waals surface area contributed by atoms with Gasteiger partial charge in [0.15, 0.2) is 0 Å². The van der Waals surface area contributed by atoms with Crippen molar-refractivity contribution >= 4 is 27.0 Å². The molecule has 1 aromatic carbocycles. The minimum absolute atomic E-state index is 0.220. The molecule has 0 saturated heterocycles. The van der Waals surface area contributed by atoms with Crippen LogP contribution in [0.2, 0.25) is 0 Å². The topological polar surface area (TPSA) is 68.9 Å². The first-order valence-electron chi connectivity index (χ1n) is 5.74. The Bertz CT molecular complexity index is 612. The molecular formula is C12H13BrN2O2.